The number of fused-ring (bicyclic) bond motifs is 1. The maximum absolute atomic E-state index is 13.4. The van der Waals surface area contributed by atoms with Crippen LogP contribution in [0.15, 0.2) is 40.8 Å². The lowest BCUT2D eigenvalue weighted by molar-refractivity contribution is 0.520. The predicted molar refractivity (Wildman–Crippen MR) is 82.9 cm³/mol. The molecule has 0 bridgehead atoms. The average Bonchev–Trinajstić information content (AvgIpc) is 2.78. The number of hydrogen-bond donors (Lipinski definition) is 1. The van der Waals surface area contributed by atoms with Gasteiger partial charge in [-0.2, -0.15) is 0 Å². The van der Waals surface area contributed by atoms with Gasteiger partial charge in [0.25, 0.3) is 0 Å². The summed E-state index contributed by atoms with van der Waals surface area (Å²) in [4.78, 5) is 0. The number of rotatable bonds is 2. The molecule has 1 atom stereocenters. The second kappa shape index (κ2) is 5.01. The van der Waals surface area contributed by atoms with Gasteiger partial charge in [-0.3, -0.25) is 0 Å². The molecule has 21 heavy (non-hydrogen) atoms. The zero-order valence-corrected chi connectivity index (χ0v) is 12.4. The SMILES string of the molecule is Cc1ccc(C)c(C(N)c2oc3ccc(F)cc3c2C)c1. The molecule has 3 heteroatoms. The first-order valence-corrected chi connectivity index (χ1v) is 6.98. The van der Waals surface area contributed by atoms with Crippen LogP contribution in [-0.2, 0) is 0 Å². The maximum atomic E-state index is 13.4. The van der Waals surface area contributed by atoms with E-state index < -0.39 is 0 Å². The zero-order valence-electron chi connectivity index (χ0n) is 12.4. The number of aryl methyl sites for hydroxylation is 3. The lowest BCUT2D eigenvalue weighted by Crippen LogP contribution is -2.13. The van der Waals surface area contributed by atoms with Crippen molar-refractivity contribution in [3.63, 3.8) is 0 Å². The minimum Gasteiger partial charge on any atom is -0.459 e. The van der Waals surface area contributed by atoms with Crippen LogP contribution in [0.5, 0.6) is 0 Å². The molecule has 0 aliphatic carbocycles. The van der Waals surface area contributed by atoms with Crippen molar-refractivity contribution in [3.8, 4) is 0 Å². The van der Waals surface area contributed by atoms with Gasteiger partial charge in [-0.1, -0.05) is 23.8 Å². The fourth-order valence-corrected chi connectivity index (χ4v) is 2.74. The fraction of sp³-hybridized carbons (Fsp3) is 0.222. The fourth-order valence-electron chi connectivity index (χ4n) is 2.74. The highest BCUT2D eigenvalue weighted by molar-refractivity contribution is 5.82. The van der Waals surface area contributed by atoms with E-state index in [1.807, 2.05) is 20.8 Å². The van der Waals surface area contributed by atoms with Crippen LogP contribution in [0.1, 0.15) is 34.1 Å². The highest BCUT2D eigenvalue weighted by Crippen LogP contribution is 2.33. The van der Waals surface area contributed by atoms with Crippen LogP contribution in [-0.4, -0.2) is 0 Å². The molecule has 0 aliphatic rings. The summed E-state index contributed by atoms with van der Waals surface area (Å²) in [6.45, 7) is 5.99. The third-order valence-corrected chi connectivity index (χ3v) is 3.99. The van der Waals surface area contributed by atoms with E-state index in [9.17, 15) is 4.39 Å². The van der Waals surface area contributed by atoms with Crippen LogP contribution in [0.2, 0.25) is 0 Å². The Morgan fingerprint density at radius 2 is 1.81 bits per heavy atom. The number of halogens is 1. The molecule has 0 aliphatic heterocycles. The monoisotopic (exact) mass is 283 g/mol. The molecule has 2 nitrogen and oxygen atoms in total. The minimum atomic E-state index is -0.347. The molecule has 108 valence electrons. The van der Waals surface area contributed by atoms with Gasteiger partial charge in [0, 0.05) is 10.9 Å². The Bertz CT molecular complexity index is 819. The second-order valence-electron chi connectivity index (χ2n) is 5.57. The van der Waals surface area contributed by atoms with Gasteiger partial charge in [-0.05, 0) is 50.1 Å². The van der Waals surface area contributed by atoms with Gasteiger partial charge in [0.1, 0.15) is 17.2 Å². The van der Waals surface area contributed by atoms with Crippen molar-refractivity contribution in [2.75, 3.05) is 0 Å². The van der Waals surface area contributed by atoms with Gasteiger partial charge in [0.2, 0.25) is 0 Å². The minimum absolute atomic E-state index is 0.266. The molecular weight excluding hydrogens is 265 g/mol. The lowest BCUT2D eigenvalue weighted by Gasteiger charge is -2.14. The average molecular weight is 283 g/mol. The molecule has 3 rings (SSSR count). The van der Waals surface area contributed by atoms with Crippen LogP contribution in [0.25, 0.3) is 11.0 Å². The first kappa shape index (κ1) is 13.8. The van der Waals surface area contributed by atoms with Crippen molar-refractivity contribution in [1.82, 2.24) is 0 Å². The third-order valence-electron chi connectivity index (χ3n) is 3.99. The van der Waals surface area contributed by atoms with E-state index in [1.54, 1.807) is 6.07 Å². The molecule has 0 saturated carbocycles. The van der Waals surface area contributed by atoms with Gasteiger partial charge in [0.05, 0.1) is 6.04 Å². The van der Waals surface area contributed by atoms with E-state index in [0.29, 0.717) is 11.3 Å². The first-order valence-electron chi connectivity index (χ1n) is 6.98. The summed E-state index contributed by atoms with van der Waals surface area (Å²) in [6.07, 6.45) is 0. The summed E-state index contributed by atoms with van der Waals surface area (Å²) in [5, 5.41) is 0.783. The van der Waals surface area contributed by atoms with E-state index in [2.05, 4.69) is 18.2 Å². The lowest BCUT2D eigenvalue weighted by atomic mass is 9.96. The Morgan fingerprint density at radius 3 is 2.57 bits per heavy atom. The van der Waals surface area contributed by atoms with Crippen LogP contribution in [0, 0.1) is 26.6 Å². The smallest absolute Gasteiger partial charge is 0.134 e. The number of nitrogens with two attached hydrogens (primary N) is 1. The van der Waals surface area contributed by atoms with Crippen molar-refractivity contribution in [1.29, 1.82) is 0 Å². The van der Waals surface area contributed by atoms with Gasteiger partial charge in [0.15, 0.2) is 0 Å². The normalized spacial score (nSPS) is 12.8. The Hall–Kier alpha value is -2.13. The maximum Gasteiger partial charge on any atom is 0.134 e. The van der Waals surface area contributed by atoms with Crippen molar-refractivity contribution in [3.05, 3.63) is 70.2 Å². The molecule has 2 N–H and O–H groups in total. The van der Waals surface area contributed by atoms with E-state index in [0.717, 1.165) is 27.6 Å². The number of furan rings is 1. The van der Waals surface area contributed by atoms with Gasteiger partial charge >= 0.3 is 0 Å². The van der Waals surface area contributed by atoms with Crippen molar-refractivity contribution in [2.24, 2.45) is 5.73 Å². The Labute approximate surface area is 123 Å². The molecule has 0 saturated heterocycles. The van der Waals surface area contributed by atoms with E-state index in [1.165, 1.54) is 12.1 Å². The largest absolute Gasteiger partial charge is 0.459 e. The van der Waals surface area contributed by atoms with Crippen LogP contribution in [0.3, 0.4) is 0 Å². The molecular formula is C18H18FNO. The van der Waals surface area contributed by atoms with Crippen molar-refractivity contribution in [2.45, 2.75) is 26.8 Å². The molecule has 0 fully saturated rings. The van der Waals surface area contributed by atoms with Gasteiger partial charge < -0.3 is 10.2 Å². The standard InChI is InChI=1S/C18H18FNO/c1-10-4-5-11(2)14(8-10)17(20)18-12(3)15-9-13(19)6-7-16(15)21-18/h4-9,17H,20H2,1-3H3. The topological polar surface area (TPSA) is 39.2 Å². The number of benzene rings is 2. The van der Waals surface area contributed by atoms with Gasteiger partial charge in [-0.15, -0.1) is 0 Å². The first-order chi connectivity index (χ1) is 9.97. The molecule has 2 aromatic carbocycles. The summed E-state index contributed by atoms with van der Waals surface area (Å²) in [5.74, 6) is 0.433. The molecule has 0 spiro atoms. The Kier molecular flexibility index (Phi) is 3.30. The van der Waals surface area contributed by atoms with E-state index in [4.69, 9.17) is 10.2 Å². The third kappa shape index (κ3) is 2.34. The predicted octanol–water partition coefficient (Wildman–Crippen LogP) is 4.55. The Balaban J connectivity index is 2.15. The van der Waals surface area contributed by atoms with Gasteiger partial charge in [-0.25, -0.2) is 4.39 Å². The molecule has 1 heterocycles. The zero-order chi connectivity index (χ0) is 15.1. The molecule has 1 unspecified atom stereocenters. The van der Waals surface area contributed by atoms with E-state index in [-0.39, 0.29) is 11.9 Å². The molecule has 1 aromatic heterocycles. The summed E-state index contributed by atoms with van der Waals surface area (Å²) in [6, 6.07) is 10.4. The quantitative estimate of drug-likeness (QED) is 0.749. The molecule has 0 amide bonds. The molecule has 3 aromatic rings. The van der Waals surface area contributed by atoms with Crippen LogP contribution in [0.4, 0.5) is 4.39 Å². The van der Waals surface area contributed by atoms with Crippen LogP contribution < -0.4 is 5.73 Å². The Morgan fingerprint density at radius 1 is 1.05 bits per heavy atom. The highest BCUT2D eigenvalue weighted by atomic mass is 19.1. The summed E-state index contributed by atoms with van der Waals surface area (Å²) in [7, 11) is 0. The van der Waals surface area contributed by atoms with Crippen LogP contribution >= 0.6 is 0 Å². The molecule has 0 radical (unpaired) electrons. The van der Waals surface area contributed by atoms with E-state index >= 15 is 0 Å². The highest BCUT2D eigenvalue weighted by Gasteiger charge is 2.20. The summed E-state index contributed by atoms with van der Waals surface area (Å²) in [5.41, 5.74) is 11.3. The van der Waals surface area contributed by atoms with Crippen molar-refractivity contribution >= 4 is 11.0 Å². The second-order valence-corrected chi connectivity index (χ2v) is 5.57. The summed E-state index contributed by atoms with van der Waals surface area (Å²) < 4.78 is 19.3. The number of hydrogen-bond acceptors (Lipinski definition) is 2. The summed E-state index contributed by atoms with van der Waals surface area (Å²) >= 11 is 0. The van der Waals surface area contributed by atoms with Crippen molar-refractivity contribution < 1.29 is 8.81 Å².